The van der Waals surface area contributed by atoms with Crippen LogP contribution in [0.4, 0.5) is 5.69 Å². The van der Waals surface area contributed by atoms with Gasteiger partial charge in [0.15, 0.2) is 11.5 Å². The quantitative estimate of drug-likeness (QED) is 0.770. The number of ether oxygens (including phenoxy) is 3. The molecule has 2 aromatic carbocycles. The number of carbonyl (C=O) groups is 1. The van der Waals surface area contributed by atoms with Gasteiger partial charge in [-0.05, 0) is 36.4 Å². The van der Waals surface area contributed by atoms with Gasteiger partial charge in [-0.2, -0.15) is 0 Å². The predicted molar refractivity (Wildman–Crippen MR) is 100 cm³/mol. The van der Waals surface area contributed by atoms with E-state index in [1.165, 1.54) is 4.31 Å². The Morgan fingerprint density at radius 2 is 1.85 bits per heavy atom. The molecule has 144 valence electrons. The summed E-state index contributed by atoms with van der Waals surface area (Å²) >= 11 is 0. The number of benzene rings is 2. The third-order valence-electron chi connectivity index (χ3n) is 4.00. The molecule has 1 aliphatic heterocycles. The number of hydrogen-bond donors (Lipinski definition) is 1. The van der Waals surface area contributed by atoms with Crippen LogP contribution in [-0.2, 0) is 10.0 Å². The number of anilines is 1. The summed E-state index contributed by atoms with van der Waals surface area (Å²) in [6, 6.07) is 11.6. The van der Waals surface area contributed by atoms with Crippen LogP contribution in [0.1, 0.15) is 10.4 Å². The molecular weight excluding hydrogens is 372 g/mol. The van der Waals surface area contributed by atoms with Gasteiger partial charge in [-0.3, -0.25) is 9.10 Å². The lowest BCUT2D eigenvalue weighted by molar-refractivity contribution is 0.0954. The van der Waals surface area contributed by atoms with E-state index in [0.717, 1.165) is 6.26 Å². The fourth-order valence-electron chi connectivity index (χ4n) is 2.64. The van der Waals surface area contributed by atoms with Crippen LogP contribution in [0, 0.1) is 0 Å². The third kappa shape index (κ3) is 4.43. The highest BCUT2D eigenvalue weighted by Crippen LogP contribution is 2.35. The largest absolute Gasteiger partial charge is 0.497 e. The molecule has 3 rings (SSSR count). The van der Waals surface area contributed by atoms with Crippen LogP contribution in [0.3, 0.4) is 0 Å². The molecule has 1 aliphatic rings. The van der Waals surface area contributed by atoms with Gasteiger partial charge in [0.2, 0.25) is 16.8 Å². The Morgan fingerprint density at radius 1 is 1.15 bits per heavy atom. The van der Waals surface area contributed by atoms with Crippen molar-refractivity contribution in [2.24, 2.45) is 0 Å². The van der Waals surface area contributed by atoms with E-state index < -0.39 is 10.0 Å². The van der Waals surface area contributed by atoms with E-state index in [0.29, 0.717) is 28.5 Å². The first-order valence-corrected chi connectivity index (χ1v) is 10.0. The van der Waals surface area contributed by atoms with Gasteiger partial charge in [-0.25, -0.2) is 8.42 Å². The molecule has 27 heavy (non-hydrogen) atoms. The predicted octanol–water partition coefficient (Wildman–Crippen LogP) is 1.62. The van der Waals surface area contributed by atoms with Crippen LogP contribution in [0.15, 0.2) is 42.5 Å². The second-order valence-corrected chi connectivity index (χ2v) is 7.76. The van der Waals surface area contributed by atoms with Crippen LogP contribution in [-0.4, -0.2) is 47.6 Å². The van der Waals surface area contributed by atoms with Crippen molar-refractivity contribution in [3.63, 3.8) is 0 Å². The maximum atomic E-state index is 12.2. The SMILES string of the molecule is COc1ccc(C(=O)NCCN(c2ccc3c(c2)OCO3)S(C)(=O)=O)cc1. The van der Waals surface area contributed by atoms with Crippen LogP contribution in [0.2, 0.25) is 0 Å². The first-order valence-electron chi connectivity index (χ1n) is 8.18. The monoisotopic (exact) mass is 392 g/mol. The van der Waals surface area contributed by atoms with Crippen LogP contribution in [0.25, 0.3) is 0 Å². The minimum Gasteiger partial charge on any atom is -0.497 e. The molecule has 0 spiro atoms. The van der Waals surface area contributed by atoms with Gasteiger partial charge in [-0.15, -0.1) is 0 Å². The molecule has 0 radical (unpaired) electrons. The molecule has 0 fully saturated rings. The zero-order valence-corrected chi connectivity index (χ0v) is 15.8. The van der Waals surface area contributed by atoms with Gasteiger partial charge in [0.25, 0.3) is 5.91 Å². The van der Waals surface area contributed by atoms with Gasteiger partial charge in [0.05, 0.1) is 25.6 Å². The molecule has 1 N–H and O–H groups in total. The van der Waals surface area contributed by atoms with E-state index >= 15 is 0 Å². The summed E-state index contributed by atoms with van der Waals surface area (Å²) in [7, 11) is -1.99. The van der Waals surface area contributed by atoms with Gasteiger partial charge < -0.3 is 19.5 Å². The van der Waals surface area contributed by atoms with Crippen molar-refractivity contribution in [1.82, 2.24) is 5.32 Å². The number of rotatable bonds is 7. The van der Waals surface area contributed by atoms with E-state index in [4.69, 9.17) is 14.2 Å². The number of nitrogens with zero attached hydrogens (tertiary/aromatic N) is 1. The summed E-state index contributed by atoms with van der Waals surface area (Å²) in [5.41, 5.74) is 0.908. The Balaban J connectivity index is 1.66. The molecule has 1 amide bonds. The smallest absolute Gasteiger partial charge is 0.251 e. The van der Waals surface area contributed by atoms with Crippen molar-refractivity contribution in [3.05, 3.63) is 48.0 Å². The number of hydrogen-bond acceptors (Lipinski definition) is 6. The molecular formula is C18H20N2O6S. The minimum atomic E-state index is -3.54. The van der Waals surface area contributed by atoms with E-state index in [1.807, 2.05) is 0 Å². The summed E-state index contributed by atoms with van der Waals surface area (Å²) in [5.74, 6) is 1.41. The fraction of sp³-hybridized carbons (Fsp3) is 0.278. The van der Waals surface area contributed by atoms with E-state index in [1.54, 1.807) is 49.6 Å². The summed E-state index contributed by atoms with van der Waals surface area (Å²) < 4.78 is 41.2. The van der Waals surface area contributed by atoms with Crippen molar-refractivity contribution < 1.29 is 27.4 Å². The molecule has 0 bridgehead atoms. The van der Waals surface area contributed by atoms with Crippen LogP contribution in [0.5, 0.6) is 17.2 Å². The molecule has 0 saturated carbocycles. The highest BCUT2D eigenvalue weighted by atomic mass is 32.2. The number of sulfonamides is 1. The standard InChI is InChI=1S/C18H20N2O6S/c1-24-15-6-3-13(4-7-15)18(21)19-9-10-20(27(2,22)23)14-5-8-16-17(11-14)26-12-25-16/h3-8,11H,9-10,12H2,1-2H3,(H,19,21). The Bertz CT molecular complexity index is 927. The molecule has 8 nitrogen and oxygen atoms in total. The van der Waals surface area contributed by atoms with Gasteiger partial charge in [-0.1, -0.05) is 0 Å². The molecule has 9 heteroatoms. The van der Waals surface area contributed by atoms with E-state index in [-0.39, 0.29) is 25.8 Å². The number of carbonyl (C=O) groups excluding carboxylic acids is 1. The lowest BCUT2D eigenvalue weighted by Gasteiger charge is -2.22. The van der Waals surface area contributed by atoms with Gasteiger partial charge >= 0.3 is 0 Å². The molecule has 2 aromatic rings. The normalized spacial score (nSPS) is 12.5. The highest BCUT2D eigenvalue weighted by molar-refractivity contribution is 7.92. The Kier molecular flexibility index (Phi) is 5.41. The van der Waals surface area contributed by atoms with Gasteiger partial charge in [0.1, 0.15) is 5.75 Å². The Morgan fingerprint density at radius 3 is 2.52 bits per heavy atom. The summed E-state index contributed by atoms with van der Waals surface area (Å²) in [4.78, 5) is 12.2. The number of methoxy groups -OCH3 is 1. The highest BCUT2D eigenvalue weighted by Gasteiger charge is 2.21. The summed E-state index contributed by atoms with van der Waals surface area (Å²) in [6.45, 7) is 0.336. The molecule has 0 saturated heterocycles. The third-order valence-corrected chi connectivity index (χ3v) is 5.19. The zero-order chi connectivity index (χ0) is 19.4. The molecule has 0 atom stereocenters. The minimum absolute atomic E-state index is 0.0837. The van der Waals surface area contributed by atoms with Crippen molar-refractivity contribution in [2.75, 3.05) is 37.6 Å². The number of nitrogens with one attached hydrogen (secondary N) is 1. The first kappa shape index (κ1) is 18.8. The van der Waals surface area contributed by atoms with Gasteiger partial charge in [0, 0.05) is 18.2 Å². The van der Waals surface area contributed by atoms with Crippen molar-refractivity contribution >= 4 is 21.6 Å². The molecule has 0 aromatic heterocycles. The topological polar surface area (TPSA) is 94.2 Å². The van der Waals surface area contributed by atoms with Crippen LogP contribution >= 0.6 is 0 Å². The second-order valence-electron chi connectivity index (χ2n) is 5.86. The van der Waals surface area contributed by atoms with Crippen molar-refractivity contribution in [3.8, 4) is 17.2 Å². The average Bonchev–Trinajstić information content (AvgIpc) is 3.11. The molecule has 1 heterocycles. The van der Waals surface area contributed by atoms with E-state index in [9.17, 15) is 13.2 Å². The van der Waals surface area contributed by atoms with Crippen molar-refractivity contribution in [2.45, 2.75) is 0 Å². The lowest BCUT2D eigenvalue weighted by Crippen LogP contribution is -2.38. The zero-order valence-electron chi connectivity index (χ0n) is 15.0. The maximum Gasteiger partial charge on any atom is 0.251 e. The molecule has 0 unspecified atom stereocenters. The number of fused-ring (bicyclic) bond motifs is 1. The van der Waals surface area contributed by atoms with E-state index in [2.05, 4.69) is 5.32 Å². The maximum absolute atomic E-state index is 12.2. The number of amides is 1. The summed E-state index contributed by atoms with van der Waals surface area (Å²) in [5, 5.41) is 2.72. The fourth-order valence-corrected chi connectivity index (χ4v) is 3.56. The lowest BCUT2D eigenvalue weighted by atomic mass is 10.2. The average molecular weight is 392 g/mol. The van der Waals surface area contributed by atoms with Crippen LogP contribution < -0.4 is 23.8 Å². The molecule has 0 aliphatic carbocycles. The Hall–Kier alpha value is -2.94. The summed E-state index contributed by atoms with van der Waals surface area (Å²) in [6.07, 6.45) is 1.11. The second kappa shape index (κ2) is 7.75. The van der Waals surface area contributed by atoms with Crippen molar-refractivity contribution in [1.29, 1.82) is 0 Å². The Labute approximate surface area is 157 Å². The first-order chi connectivity index (χ1) is 12.9.